The van der Waals surface area contributed by atoms with Gasteiger partial charge in [0.25, 0.3) is 5.69 Å². The molecule has 0 atom stereocenters. The Morgan fingerprint density at radius 1 is 1.25 bits per heavy atom. The molecule has 0 spiro atoms. The molecule has 0 saturated carbocycles. The molecule has 0 aliphatic rings. The van der Waals surface area contributed by atoms with Crippen molar-refractivity contribution in [2.24, 2.45) is 5.10 Å². The van der Waals surface area contributed by atoms with Gasteiger partial charge < -0.3 is 0 Å². The predicted octanol–water partition coefficient (Wildman–Crippen LogP) is 2.91. The van der Waals surface area contributed by atoms with Crippen LogP contribution in [0.15, 0.2) is 53.6 Å². The van der Waals surface area contributed by atoms with Gasteiger partial charge in [-0.2, -0.15) is 10.4 Å². The molecule has 2 rings (SSSR count). The standard InChI is InChI=1S/C14H10N4O2/c15-9-11-4-6-12(7-5-11)10-16-17-13-2-1-3-14(8-13)18(19)20/h1-8,10,17H/b16-10-. The number of rotatable bonds is 4. The smallest absolute Gasteiger partial charge is 0.271 e. The SMILES string of the molecule is N#Cc1ccc(/C=N\Nc2cccc([N+](=O)[O-])c2)cc1. The predicted molar refractivity (Wildman–Crippen MR) is 75.5 cm³/mol. The number of hydrazone groups is 1. The van der Waals surface area contributed by atoms with E-state index in [0.717, 1.165) is 5.56 Å². The van der Waals surface area contributed by atoms with Crippen molar-refractivity contribution in [2.45, 2.75) is 0 Å². The number of nitro groups is 1. The van der Waals surface area contributed by atoms with E-state index in [-0.39, 0.29) is 5.69 Å². The van der Waals surface area contributed by atoms with Crippen LogP contribution in [0.3, 0.4) is 0 Å². The van der Waals surface area contributed by atoms with Crippen LogP contribution in [0.5, 0.6) is 0 Å². The number of hydrogen-bond donors (Lipinski definition) is 1. The quantitative estimate of drug-likeness (QED) is 0.523. The Kier molecular flexibility index (Phi) is 4.04. The van der Waals surface area contributed by atoms with Gasteiger partial charge in [0.05, 0.1) is 28.5 Å². The van der Waals surface area contributed by atoms with Crippen molar-refractivity contribution in [1.82, 2.24) is 0 Å². The number of benzene rings is 2. The first-order chi connectivity index (χ1) is 9.69. The van der Waals surface area contributed by atoms with Gasteiger partial charge in [0, 0.05) is 12.1 Å². The van der Waals surface area contributed by atoms with E-state index in [1.54, 1.807) is 42.6 Å². The van der Waals surface area contributed by atoms with Crippen LogP contribution in [0.1, 0.15) is 11.1 Å². The number of anilines is 1. The zero-order valence-corrected chi connectivity index (χ0v) is 10.4. The van der Waals surface area contributed by atoms with E-state index in [0.29, 0.717) is 11.3 Å². The summed E-state index contributed by atoms with van der Waals surface area (Å²) in [5, 5.41) is 23.3. The van der Waals surface area contributed by atoms with Gasteiger partial charge in [0.1, 0.15) is 0 Å². The summed E-state index contributed by atoms with van der Waals surface area (Å²) in [4.78, 5) is 10.2. The van der Waals surface area contributed by atoms with Crippen molar-refractivity contribution in [1.29, 1.82) is 5.26 Å². The first-order valence-electron chi connectivity index (χ1n) is 5.73. The summed E-state index contributed by atoms with van der Waals surface area (Å²) in [6.07, 6.45) is 1.57. The maximum absolute atomic E-state index is 10.6. The molecular weight excluding hydrogens is 256 g/mol. The summed E-state index contributed by atoms with van der Waals surface area (Å²) < 4.78 is 0. The van der Waals surface area contributed by atoms with E-state index < -0.39 is 4.92 Å². The summed E-state index contributed by atoms with van der Waals surface area (Å²) in [6.45, 7) is 0. The van der Waals surface area contributed by atoms with Crippen LogP contribution >= 0.6 is 0 Å². The monoisotopic (exact) mass is 266 g/mol. The largest absolute Gasteiger partial charge is 0.278 e. The minimum atomic E-state index is -0.463. The van der Waals surface area contributed by atoms with Gasteiger partial charge in [-0.3, -0.25) is 15.5 Å². The van der Waals surface area contributed by atoms with Crippen molar-refractivity contribution in [2.75, 3.05) is 5.43 Å². The highest BCUT2D eigenvalue weighted by molar-refractivity contribution is 5.80. The van der Waals surface area contributed by atoms with Crippen LogP contribution in [-0.2, 0) is 0 Å². The van der Waals surface area contributed by atoms with Crippen LogP contribution in [-0.4, -0.2) is 11.1 Å². The molecule has 98 valence electrons. The van der Waals surface area contributed by atoms with E-state index in [9.17, 15) is 10.1 Å². The van der Waals surface area contributed by atoms with E-state index >= 15 is 0 Å². The maximum atomic E-state index is 10.6. The topological polar surface area (TPSA) is 91.3 Å². The maximum Gasteiger partial charge on any atom is 0.271 e. The number of nitriles is 1. The van der Waals surface area contributed by atoms with Crippen molar-refractivity contribution in [3.05, 3.63) is 69.8 Å². The van der Waals surface area contributed by atoms with Gasteiger partial charge in [0.2, 0.25) is 0 Å². The molecule has 0 amide bonds. The number of nitrogens with zero attached hydrogens (tertiary/aromatic N) is 3. The molecule has 0 bridgehead atoms. The summed E-state index contributed by atoms with van der Waals surface area (Å²) in [6, 6.07) is 15.0. The normalized spacial score (nSPS) is 10.2. The third-order valence-corrected chi connectivity index (χ3v) is 2.50. The number of hydrogen-bond acceptors (Lipinski definition) is 5. The Hall–Kier alpha value is -3.20. The lowest BCUT2D eigenvalue weighted by Gasteiger charge is -1.99. The molecule has 0 fully saturated rings. The molecule has 0 aromatic heterocycles. The molecule has 0 heterocycles. The fraction of sp³-hybridized carbons (Fsp3) is 0. The Labute approximate surface area is 115 Å². The molecule has 20 heavy (non-hydrogen) atoms. The van der Waals surface area contributed by atoms with E-state index in [1.807, 2.05) is 6.07 Å². The Morgan fingerprint density at radius 2 is 2.00 bits per heavy atom. The lowest BCUT2D eigenvalue weighted by molar-refractivity contribution is -0.384. The molecule has 0 aliphatic carbocycles. The molecule has 0 unspecified atom stereocenters. The van der Waals surface area contributed by atoms with Crippen LogP contribution in [0.25, 0.3) is 0 Å². The van der Waals surface area contributed by atoms with Crippen LogP contribution in [0.4, 0.5) is 11.4 Å². The van der Waals surface area contributed by atoms with E-state index in [4.69, 9.17) is 5.26 Å². The molecule has 6 heteroatoms. The van der Waals surface area contributed by atoms with Gasteiger partial charge in [0.15, 0.2) is 0 Å². The second-order valence-corrected chi connectivity index (χ2v) is 3.91. The zero-order chi connectivity index (χ0) is 14.4. The van der Waals surface area contributed by atoms with Crippen molar-refractivity contribution >= 4 is 17.6 Å². The minimum Gasteiger partial charge on any atom is -0.278 e. The average molecular weight is 266 g/mol. The average Bonchev–Trinajstić information content (AvgIpc) is 2.48. The number of nitrogens with one attached hydrogen (secondary N) is 1. The molecule has 1 N–H and O–H groups in total. The highest BCUT2D eigenvalue weighted by atomic mass is 16.6. The number of nitro benzene ring substituents is 1. The first-order valence-corrected chi connectivity index (χ1v) is 5.73. The minimum absolute atomic E-state index is 0.00331. The fourth-order valence-electron chi connectivity index (χ4n) is 1.51. The summed E-state index contributed by atoms with van der Waals surface area (Å²) in [7, 11) is 0. The third kappa shape index (κ3) is 3.40. The number of non-ortho nitro benzene ring substituents is 1. The fourth-order valence-corrected chi connectivity index (χ4v) is 1.51. The van der Waals surface area contributed by atoms with Crippen LogP contribution in [0, 0.1) is 21.4 Å². The van der Waals surface area contributed by atoms with Gasteiger partial charge in [-0.25, -0.2) is 0 Å². The van der Waals surface area contributed by atoms with Gasteiger partial charge in [-0.1, -0.05) is 18.2 Å². The van der Waals surface area contributed by atoms with Crippen molar-refractivity contribution < 1.29 is 4.92 Å². The Bertz CT molecular complexity index is 687. The summed E-state index contributed by atoms with van der Waals surface area (Å²) in [5.41, 5.74) is 4.65. The van der Waals surface area contributed by atoms with Crippen molar-refractivity contribution in [3.63, 3.8) is 0 Å². The zero-order valence-electron chi connectivity index (χ0n) is 10.4. The van der Waals surface area contributed by atoms with E-state index in [2.05, 4.69) is 10.5 Å². The van der Waals surface area contributed by atoms with Crippen molar-refractivity contribution in [3.8, 4) is 6.07 Å². The highest BCUT2D eigenvalue weighted by Crippen LogP contribution is 2.16. The molecule has 0 aliphatic heterocycles. The van der Waals surface area contributed by atoms with Gasteiger partial charge in [-0.05, 0) is 23.8 Å². The third-order valence-electron chi connectivity index (χ3n) is 2.50. The molecule has 2 aromatic carbocycles. The Morgan fingerprint density at radius 3 is 2.65 bits per heavy atom. The molecule has 0 radical (unpaired) electrons. The molecule has 2 aromatic rings. The molecular formula is C14H10N4O2. The second kappa shape index (κ2) is 6.11. The molecule has 6 nitrogen and oxygen atoms in total. The second-order valence-electron chi connectivity index (χ2n) is 3.91. The van der Waals surface area contributed by atoms with Gasteiger partial charge >= 0.3 is 0 Å². The Balaban J connectivity index is 2.04. The van der Waals surface area contributed by atoms with E-state index in [1.165, 1.54) is 12.1 Å². The summed E-state index contributed by atoms with van der Waals surface area (Å²) >= 11 is 0. The summed E-state index contributed by atoms with van der Waals surface area (Å²) in [5.74, 6) is 0. The lowest BCUT2D eigenvalue weighted by Crippen LogP contribution is -1.93. The van der Waals surface area contributed by atoms with Crippen LogP contribution in [0.2, 0.25) is 0 Å². The first kappa shape index (κ1) is 13.2. The molecule has 0 saturated heterocycles. The van der Waals surface area contributed by atoms with Gasteiger partial charge in [-0.15, -0.1) is 0 Å². The van der Waals surface area contributed by atoms with Crippen LogP contribution < -0.4 is 5.43 Å². The highest BCUT2D eigenvalue weighted by Gasteiger charge is 2.04. The lowest BCUT2D eigenvalue weighted by atomic mass is 10.2.